The van der Waals surface area contributed by atoms with Gasteiger partial charge in [-0.1, -0.05) is 17.7 Å². The minimum absolute atomic E-state index is 0.0770. The Morgan fingerprint density at radius 3 is 2.58 bits per heavy atom. The zero-order valence-electron chi connectivity index (χ0n) is 16.1. The Bertz CT molecular complexity index is 1250. The average molecular weight is 431 g/mol. The van der Waals surface area contributed by atoms with E-state index in [1.165, 1.54) is 0 Å². The lowest BCUT2D eigenvalue weighted by Crippen LogP contribution is -2.11. The van der Waals surface area contributed by atoms with Gasteiger partial charge in [-0.25, -0.2) is 0 Å². The summed E-state index contributed by atoms with van der Waals surface area (Å²) < 4.78 is 11.3. The normalized spacial score (nSPS) is 10.3. The number of nitrogens with zero attached hydrogens (tertiary/aromatic N) is 3. The van der Waals surface area contributed by atoms with Crippen molar-refractivity contribution in [2.75, 3.05) is 5.32 Å². The van der Waals surface area contributed by atoms with Crippen LogP contribution in [-0.4, -0.2) is 16.1 Å². The molecule has 0 aliphatic heterocycles. The summed E-state index contributed by atoms with van der Waals surface area (Å²) in [6, 6.07) is 22.4. The monoisotopic (exact) mass is 430 g/mol. The van der Waals surface area contributed by atoms with Gasteiger partial charge in [0.1, 0.15) is 5.75 Å². The first kappa shape index (κ1) is 20.1. The minimum Gasteiger partial charge on any atom is -0.484 e. The molecule has 0 saturated heterocycles. The molecule has 1 amide bonds. The van der Waals surface area contributed by atoms with Crippen molar-refractivity contribution in [2.45, 2.75) is 6.61 Å². The number of carbonyl (C=O) groups is 1. The van der Waals surface area contributed by atoms with Gasteiger partial charge in [-0.2, -0.15) is 5.26 Å². The third kappa shape index (κ3) is 5.07. The maximum Gasteiger partial charge on any atom is 0.255 e. The summed E-state index contributed by atoms with van der Waals surface area (Å²) in [5, 5.41) is 20.3. The van der Waals surface area contributed by atoms with Gasteiger partial charge in [-0.05, 0) is 60.7 Å². The van der Waals surface area contributed by atoms with E-state index in [1.807, 2.05) is 6.07 Å². The topological polar surface area (TPSA) is 101 Å². The molecule has 152 valence electrons. The maximum atomic E-state index is 12.4. The predicted octanol–water partition coefficient (Wildman–Crippen LogP) is 5.09. The number of amides is 1. The summed E-state index contributed by atoms with van der Waals surface area (Å²) in [7, 11) is 0. The zero-order valence-corrected chi connectivity index (χ0v) is 16.8. The molecule has 8 heteroatoms. The van der Waals surface area contributed by atoms with Gasteiger partial charge in [0.05, 0.1) is 11.6 Å². The first-order chi connectivity index (χ1) is 15.1. The number of hydrogen-bond acceptors (Lipinski definition) is 6. The van der Waals surface area contributed by atoms with Crippen molar-refractivity contribution in [3.8, 4) is 23.3 Å². The molecular formula is C23H15ClN4O3. The first-order valence-corrected chi connectivity index (χ1v) is 9.61. The van der Waals surface area contributed by atoms with Gasteiger partial charge in [-0.3, -0.25) is 4.79 Å². The Morgan fingerprint density at radius 1 is 1.06 bits per heavy atom. The molecule has 0 atom stereocenters. The van der Waals surface area contributed by atoms with Gasteiger partial charge in [0, 0.05) is 27.9 Å². The zero-order chi connectivity index (χ0) is 21.6. The maximum absolute atomic E-state index is 12.4. The molecule has 0 aliphatic rings. The second-order valence-corrected chi connectivity index (χ2v) is 6.90. The lowest BCUT2D eigenvalue weighted by molar-refractivity contribution is 0.102. The highest BCUT2D eigenvalue weighted by Crippen LogP contribution is 2.22. The second-order valence-electron chi connectivity index (χ2n) is 6.47. The average Bonchev–Trinajstić information content (AvgIpc) is 3.27. The smallest absolute Gasteiger partial charge is 0.255 e. The molecule has 4 aromatic rings. The van der Waals surface area contributed by atoms with Crippen LogP contribution in [0.1, 0.15) is 21.8 Å². The molecular weight excluding hydrogens is 416 g/mol. The largest absolute Gasteiger partial charge is 0.484 e. The van der Waals surface area contributed by atoms with Crippen molar-refractivity contribution in [3.63, 3.8) is 0 Å². The van der Waals surface area contributed by atoms with Gasteiger partial charge in [0.25, 0.3) is 11.8 Å². The predicted molar refractivity (Wildman–Crippen MR) is 115 cm³/mol. The van der Waals surface area contributed by atoms with Gasteiger partial charge >= 0.3 is 0 Å². The number of benzene rings is 3. The van der Waals surface area contributed by atoms with E-state index in [0.717, 1.165) is 5.56 Å². The van der Waals surface area contributed by atoms with Crippen molar-refractivity contribution >= 4 is 23.2 Å². The van der Waals surface area contributed by atoms with E-state index in [4.69, 9.17) is 26.0 Å². The number of nitrogens with one attached hydrogen (secondary N) is 1. The quantitative estimate of drug-likeness (QED) is 0.457. The lowest BCUT2D eigenvalue weighted by Gasteiger charge is -2.08. The summed E-state index contributed by atoms with van der Waals surface area (Å²) in [5.41, 5.74) is 2.27. The summed E-state index contributed by atoms with van der Waals surface area (Å²) in [6.45, 7) is 0.0770. The van der Waals surface area contributed by atoms with Crippen LogP contribution >= 0.6 is 11.6 Å². The summed E-state index contributed by atoms with van der Waals surface area (Å²) in [6.07, 6.45) is 0. The third-order valence-electron chi connectivity index (χ3n) is 4.29. The second kappa shape index (κ2) is 9.11. The molecule has 1 heterocycles. The van der Waals surface area contributed by atoms with Crippen molar-refractivity contribution < 1.29 is 13.9 Å². The SMILES string of the molecule is N#Cc1ccc(C(=O)Nc2cccc(OCc3nnc(-c4ccc(Cl)cc4)o3)c2)cc1. The van der Waals surface area contributed by atoms with Crippen molar-refractivity contribution in [1.29, 1.82) is 5.26 Å². The van der Waals surface area contributed by atoms with E-state index in [0.29, 0.717) is 39.4 Å². The van der Waals surface area contributed by atoms with Crippen LogP contribution in [0.25, 0.3) is 11.5 Å². The van der Waals surface area contributed by atoms with Gasteiger partial charge < -0.3 is 14.5 Å². The molecule has 0 spiro atoms. The Balaban J connectivity index is 1.38. The van der Waals surface area contributed by atoms with Crippen LogP contribution in [0.15, 0.2) is 77.2 Å². The van der Waals surface area contributed by atoms with Gasteiger partial charge in [0.2, 0.25) is 5.89 Å². The number of ether oxygens (including phenoxy) is 1. The summed E-state index contributed by atoms with van der Waals surface area (Å²) >= 11 is 5.89. The third-order valence-corrected chi connectivity index (χ3v) is 4.54. The molecule has 31 heavy (non-hydrogen) atoms. The molecule has 7 nitrogen and oxygen atoms in total. The number of nitriles is 1. The van der Waals surface area contributed by atoms with Crippen LogP contribution in [0.4, 0.5) is 5.69 Å². The Kier molecular flexibility index (Phi) is 5.92. The Labute approximate surface area is 182 Å². The molecule has 0 radical (unpaired) electrons. The lowest BCUT2D eigenvalue weighted by atomic mass is 10.1. The number of rotatable bonds is 6. The molecule has 0 bridgehead atoms. The molecule has 0 saturated carbocycles. The summed E-state index contributed by atoms with van der Waals surface area (Å²) in [5.74, 6) is 0.936. The molecule has 0 unspecified atom stereocenters. The highest BCUT2D eigenvalue weighted by Gasteiger charge is 2.10. The van der Waals surface area contributed by atoms with Crippen LogP contribution in [0.3, 0.4) is 0 Å². The fraction of sp³-hybridized carbons (Fsp3) is 0.0435. The molecule has 3 aromatic carbocycles. The number of aromatic nitrogens is 2. The number of carbonyl (C=O) groups excluding carboxylic acids is 1. The number of halogens is 1. The number of hydrogen-bond donors (Lipinski definition) is 1. The molecule has 1 aromatic heterocycles. The van der Waals surface area contributed by atoms with Crippen LogP contribution in [0, 0.1) is 11.3 Å². The van der Waals surface area contributed by atoms with E-state index in [1.54, 1.807) is 72.8 Å². The van der Waals surface area contributed by atoms with Gasteiger partial charge in [0.15, 0.2) is 6.61 Å². The number of anilines is 1. The van der Waals surface area contributed by atoms with E-state index < -0.39 is 0 Å². The summed E-state index contributed by atoms with van der Waals surface area (Å²) in [4.78, 5) is 12.4. The van der Waals surface area contributed by atoms with E-state index in [-0.39, 0.29) is 12.5 Å². The molecule has 1 N–H and O–H groups in total. The Morgan fingerprint density at radius 2 is 1.84 bits per heavy atom. The van der Waals surface area contributed by atoms with Crippen molar-refractivity contribution in [1.82, 2.24) is 10.2 Å². The van der Waals surface area contributed by atoms with Crippen LogP contribution in [-0.2, 0) is 6.61 Å². The highest BCUT2D eigenvalue weighted by molar-refractivity contribution is 6.30. The van der Waals surface area contributed by atoms with Crippen LogP contribution in [0.2, 0.25) is 5.02 Å². The van der Waals surface area contributed by atoms with Crippen LogP contribution in [0.5, 0.6) is 5.75 Å². The Hall–Kier alpha value is -4.15. The van der Waals surface area contributed by atoms with E-state index in [2.05, 4.69) is 15.5 Å². The van der Waals surface area contributed by atoms with Crippen LogP contribution < -0.4 is 10.1 Å². The molecule has 0 aliphatic carbocycles. The minimum atomic E-state index is -0.286. The fourth-order valence-corrected chi connectivity index (χ4v) is 2.86. The van der Waals surface area contributed by atoms with E-state index >= 15 is 0 Å². The van der Waals surface area contributed by atoms with Crippen molar-refractivity contribution in [3.05, 3.63) is 94.8 Å². The van der Waals surface area contributed by atoms with Gasteiger partial charge in [-0.15, -0.1) is 10.2 Å². The molecule has 0 fully saturated rings. The van der Waals surface area contributed by atoms with E-state index in [9.17, 15) is 4.79 Å². The standard InChI is InChI=1S/C23H15ClN4O3/c24-18-10-8-17(9-11-18)23-28-27-21(31-23)14-30-20-3-1-2-19(12-20)26-22(29)16-6-4-15(13-25)5-7-16/h1-12H,14H2,(H,26,29). The fourth-order valence-electron chi connectivity index (χ4n) is 2.73. The first-order valence-electron chi connectivity index (χ1n) is 9.23. The van der Waals surface area contributed by atoms with Crippen molar-refractivity contribution in [2.24, 2.45) is 0 Å². The molecule has 4 rings (SSSR count). The highest BCUT2D eigenvalue weighted by atomic mass is 35.5.